The lowest BCUT2D eigenvalue weighted by Crippen LogP contribution is -2.32. The number of nitrogens with two attached hydrogens (primary N) is 1. The molecule has 0 aliphatic carbocycles. The summed E-state index contributed by atoms with van der Waals surface area (Å²) in [6.45, 7) is 0.554. The zero-order valence-electron chi connectivity index (χ0n) is 8.67. The van der Waals surface area contributed by atoms with Gasteiger partial charge in [-0.3, -0.25) is 11.3 Å². The first-order valence-corrected chi connectivity index (χ1v) is 5.46. The van der Waals surface area contributed by atoms with Gasteiger partial charge in [0, 0.05) is 4.88 Å². The van der Waals surface area contributed by atoms with Gasteiger partial charge in [-0.1, -0.05) is 0 Å². The summed E-state index contributed by atoms with van der Waals surface area (Å²) in [5.74, 6) is 5.26. The molecular weight excluding hydrogens is 241 g/mol. The monoisotopic (exact) mass is 254 g/mol. The molecule has 0 radical (unpaired) electrons. The highest BCUT2D eigenvalue weighted by molar-refractivity contribution is 7.10. The van der Waals surface area contributed by atoms with Gasteiger partial charge >= 0.3 is 6.18 Å². The molecule has 1 unspecified atom stereocenters. The van der Waals surface area contributed by atoms with Crippen LogP contribution in [0.2, 0.25) is 0 Å². The normalized spacial score (nSPS) is 14.1. The van der Waals surface area contributed by atoms with Crippen LogP contribution in [0.3, 0.4) is 0 Å². The number of halogens is 3. The van der Waals surface area contributed by atoms with E-state index in [-0.39, 0.29) is 6.61 Å². The fourth-order valence-electron chi connectivity index (χ4n) is 1.18. The highest BCUT2D eigenvalue weighted by atomic mass is 32.1. The number of hydrogen-bond donors (Lipinski definition) is 2. The van der Waals surface area contributed by atoms with Crippen molar-refractivity contribution >= 4 is 11.3 Å². The Balaban J connectivity index is 2.44. The Morgan fingerprint density at radius 2 is 2.25 bits per heavy atom. The maximum Gasteiger partial charge on any atom is 0.411 e. The Hall–Kier alpha value is -0.630. The van der Waals surface area contributed by atoms with Crippen molar-refractivity contribution in [2.45, 2.75) is 19.1 Å². The van der Waals surface area contributed by atoms with Crippen molar-refractivity contribution in [3.8, 4) is 0 Å². The first kappa shape index (κ1) is 13.4. The lowest BCUT2D eigenvalue weighted by Gasteiger charge is -2.15. The largest absolute Gasteiger partial charge is 0.411 e. The summed E-state index contributed by atoms with van der Waals surface area (Å²) >= 11 is 1.51. The third kappa shape index (κ3) is 4.48. The predicted octanol–water partition coefficient (Wildman–Crippen LogP) is 2.14. The molecule has 0 aliphatic heterocycles. The lowest BCUT2D eigenvalue weighted by atomic mass is 10.1. The van der Waals surface area contributed by atoms with Crippen LogP contribution in [0.5, 0.6) is 0 Å². The maximum absolute atomic E-state index is 11.8. The number of hydrazine groups is 1. The molecule has 0 aliphatic rings. The molecular formula is C9H13F3N2OS. The van der Waals surface area contributed by atoms with Crippen molar-refractivity contribution in [3.05, 3.63) is 21.9 Å². The van der Waals surface area contributed by atoms with E-state index in [1.165, 1.54) is 11.3 Å². The molecule has 1 aromatic heterocycles. The molecule has 3 nitrogen and oxygen atoms in total. The smallest absolute Gasteiger partial charge is 0.370 e. The van der Waals surface area contributed by atoms with Crippen LogP contribution in [0.1, 0.15) is 16.5 Å². The van der Waals surface area contributed by atoms with E-state index in [1.807, 2.05) is 18.4 Å². The van der Waals surface area contributed by atoms with Crippen LogP contribution in [-0.4, -0.2) is 19.4 Å². The zero-order chi connectivity index (χ0) is 12.2. The van der Waals surface area contributed by atoms with Gasteiger partial charge in [-0.05, 0) is 23.9 Å². The van der Waals surface area contributed by atoms with Crippen molar-refractivity contribution < 1.29 is 17.9 Å². The third-order valence-corrected chi connectivity index (χ3v) is 2.78. The zero-order valence-corrected chi connectivity index (χ0v) is 9.49. The van der Waals surface area contributed by atoms with E-state index in [0.29, 0.717) is 0 Å². The van der Waals surface area contributed by atoms with E-state index in [4.69, 9.17) is 5.84 Å². The van der Waals surface area contributed by atoms with Crippen LogP contribution >= 0.6 is 11.3 Å². The Kier molecular flexibility index (Phi) is 4.72. The summed E-state index contributed by atoms with van der Waals surface area (Å²) in [5.41, 5.74) is 3.27. The maximum atomic E-state index is 11.8. The van der Waals surface area contributed by atoms with Crippen LogP contribution in [0, 0.1) is 6.92 Å². The van der Waals surface area contributed by atoms with Gasteiger partial charge in [0.2, 0.25) is 0 Å². The number of aryl methyl sites for hydroxylation is 1. The second-order valence-corrected chi connectivity index (χ2v) is 4.46. The summed E-state index contributed by atoms with van der Waals surface area (Å²) in [7, 11) is 0. The minimum atomic E-state index is -4.30. The van der Waals surface area contributed by atoms with Gasteiger partial charge in [-0.25, -0.2) is 0 Å². The molecule has 0 amide bonds. The molecule has 0 fully saturated rings. The van der Waals surface area contributed by atoms with Crippen molar-refractivity contribution in [3.63, 3.8) is 0 Å². The first-order chi connectivity index (χ1) is 7.42. The van der Waals surface area contributed by atoms with Crippen LogP contribution in [-0.2, 0) is 4.74 Å². The van der Waals surface area contributed by atoms with Gasteiger partial charge in [-0.2, -0.15) is 13.2 Å². The van der Waals surface area contributed by atoms with Crippen molar-refractivity contribution in [1.82, 2.24) is 5.43 Å². The second kappa shape index (κ2) is 5.62. The Bertz CT molecular complexity index is 327. The van der Waals surface area contributed by atoms with Gasteiger partial charge in [-0.15, -0.1) is 11.3 Å². The standard InChI is InChI=1S/C9H13F3N2OS/c1-6-2-7(4-16-6)8(14-13)3-15-5-9(10,11)12/h2,4,8,14H,3,5,13H2,1H3. The Morgan fingerprint density at radius 1 is 1.56 bits per heavy atom. The molecule has 0 saturated carbocycles. The lowest BCUT2D eigenvalue weighted by molar-refractivity contribution is -0.175. The molecule has 0 saturated heterocycles. The molecule has 0 aromatic carbocycles. The summed E-state index contributed by atoms with van der Waals surface area (Å²) in [5, 5.41) is 1.84. The van der Waals surface area contributed by atoms with Gasteiger partial charge in [0.15, 0.2) is 0 Å². The molecule has 3 N–H and O–H groups in total. The van der Waals surface area contributed by atoms with Crippen LogP contribution in [0.15, 0.2) is 11.4 Å². The molecule has 0 spiro atoms. The van der Waals surface area contributed by atoms with Crippen LogP contribution in [0.25, 0.3) is 0 Å². The number of rotatable bonds is 5. The summed E-state index contributed by atoms with van der Waals surface area (Å²) in [6.07, 6.45) is -4.30. The van der Waals surface area contributed by atoms with Crippen molar-refractivity contribution in [2.24, 2.45) is 5.84 Å². The van der Waals surface area contributed by atoms with E-state index >= 15 is 0 Å². The highest BCUT2D eigenvalue weighted by Crippen LogP contribution is 2.21. The molecule has 1 rings (SSSR count). The van der Waals surface area contributed by atoms with Crippen molar-refractivity contribution in [1.29, 1.82) is 0 Å². The summed E-state index contributed by atoms with van der Waals surface area (Å²) in [4.78, 5) is 1.08. The molecule has 0 bridgehead atoms. The molecule has 92 valence electrons. The fourth-order valence-corrected chi connectivity index (χ4v) is 1.94. The fraction of sp³-hybridized carbons (Fsp3) is 0.556. The number of thiophene rings is 1. The number of hydrogen-bond acceptors (Lipinski definition) is 4. The minimum absolute atomic E-state index is 0.105. The van der Waals surface area contributed by atoms with Gasteiger partial charge in [0.25, 0.3) is 0 Å². The van der Waals surface area contributed by atoms with Crippen LogP contribution in [0.4, 0.5) is 13.2 Å². The molecule has 1 atom stereocenters. The SMILES string of the molecule is Cc1cc(C(COCC(F)(F)F)NN)cs1. The van der Waals surface area contributed by atoms with Gasteiger partial charge in [0.05, 0.1) is 12.6 Å². The van der Waals surface area contributed by atoms with E-state index in [9.17, 15) is 13.2 Å². The average molecular weight is 254 g/mol. The molecule has 7 heteroatoms. The molecule has 16 heavy (non-hydrogen) atoms. The first-order valence-electron chi connectivity index (χ1n) is 4.58. The number of nitrogens with one attached hydrogen (secondary N) is 1. The number of alkyl halides is 3. The van der Waals surface area contributed by atoms with E-state index in [1.54, 1.807) is 0 Å². The molecule has 1 heterocycles. The average Bonchev–Trinajstić information content (AvgIpc) is 2.58. The van der Waals surface area contributed by atoms with Gasteiger partial charge in [0.1, 0.15) is 6.61 Å². The van der Waals surface area contributed by atoms with Crippen LogP contribution < -0.4 is 11.3 Å². The Morgan fingerprint density at radius 3 is 2.69 bits per heavy atom. The van der Waals surface area contributed by atoms with E-state index in [2.05, 4.69) is 10.2 Å². The van der Waals surface area contributed by atoms with Crippen molar-refractivity contribution in [2.75, 3.05) is 13.2 Å². The molecule has 1 aromatic rings. The summed E-state index contributed by atoms with van der Waals surface area (Å²) in [6, 6.07) is 1.46. The Labute approximate surface area is 95.4 Å². The van der Waals surface area contributed by atoms with E-state index < -0.39 is 18.8 Å². The summed E-state index contributed by atoms with van der Waals surface area (Å²) < 4.78 is 40.1. The quantitative estimate of drug-likeness (QED) is 0.625. The topological polar surface area (TPSA) is 47.3 Å². The van der Waals surface area contributed by atoms with E-state index in [0.717, 1.165) is 10.4 Å². The predicted molar refractivity (Wildman–Crippen MR) is 56.0 cm³/mol. The van der Waals surface area contributed by atoms with Gasteiger partial charge < -0.3 is 4.74 Å². The second-order valence-electron chi connectivity index (χ2n) is 3.34. The number of ether oxygens (including phenoxy) is 1. The third-order valence-electron chi connectivity index (χ3n) is 1.90. The minimum Gasteiger partial charge on any atom is -0.370 e. The highest BCUT2D eigenvalue weighted by Gasteiger charge is 2.28.